The van der Waals surface area contributed by atoms with E-state index < -0.39 is 0 Å². The Labute approximate surface area is 324 Å². The number of ether oxygens (including phenoxy) is 13. The van der Waals surface area contributed by atoms with Crippen LogP contribution in [0.3, 0.4) is 0 Å². The van der Waals surface area contributed by atoms with Crippen LogP contribution in [-0.2, 0) is 73.0 Å². The summed E-state index contributed by atoms with van der Waals surface area (Å²) in [5, 5.41) is 0. The van der Waals surface area contributed by atoms with Gasteiger partial charge in [0.15, 0.2) is 0 Å². The highest BCUT2D eigenvalue weighted by atomic mass is 16.6. The molecule has 0 radical (unpaired) electrons. The summed E-state index contributed by atoms with van der Waals surface area (Å²) < 4.78 is 71.1. The van der Waals surface area contributed by atoms with Gasteiger partial charge in [-0.3, -0.25) is 4.79 Å². The first kappa shape index (κ1) is 50.2. The lowest BCUT2D eigenvalue weighted by atomic mass is 10.1. The molecule has 0 fully saturated rings. The molecular weight excluding hydrogens is 704 g/mol. The molecule has 0 N–H and O–H groups in total. The predicted octanol–water partition coefficient (Wildman–Crippen LogP) is 4.68. The smallest absolute Gasteiger partial charge is 0.305 e. The number of hydrogen-bond donors (Lipinski definition) is 0. The van der Waals surface area contributed by atoms with Crippen LogP contribution in [0.25, 0.3) is 0 Å². The molecule has 0 aliphatic carbocycles. The normalized spacial score (nSPS) is 11.4. The third-order valence-electron chi connectivity index (χ3n) is 7.43. The topological polar surface area (TPSA) is 137 Å². The highest BCUT2D eigenvalue weighted by Crippen LogP contribution is 2.07. The average Bonchev–Trinajstić information content (AvgIpc) is 3.19. The van der Waals surface area contributed by atoms with Gasteiger partial charge in [0.05, 0.1) is 159 Å². The average molecular weight is 777 g/mol. The summed E-state index contributed by atoms with van der Waals surface area (Å²) >= 11 is 0. The molecule has 0 saturated carbocycles. The van der Waals surface area contributed by atoms with Crippen LogP contribution in [0.1, 0.15) is 57.4 Å². The lowest BCUT2D eigenvalue weighted by molar-refractivity contribution is -0.145. The maximum absolute atomic E-state index is 11.7. The quantitative estimate of drug-likeness (QED) is 0.0670. The largest absolute Gasteiger partial charge is 0.463 e. The van der Waals surface area contributed by atoms with Crippen molar-refractivity contribution in [2.45, 2.75) is 58.5 Å². The van der Waals surface area contributed by atoms with Crippen LogP contribution in [0.5, 0.6) is 0 Å². The van der Waals surface area contributed by atoms with Gasteiger partial charge >= 0.3 is 5.97 Å². The number of benzene rings is 1. The van der Waals surface area contributed by atoms with Gasteiger partial charge in [0.25, 0.3) is 0 Å². The molecule has 0 amide bonds. The van der Waals surface area contributed by atoms with Gasteiger partial charge in [-0.25, -0.2) is 0 Å². The van der Waals surface area contributed by atoms with E-state index in [4.69, 9.17) is 61.6 Å². The Hall–Kier alpha value is -1.79. The van der Waals surface area contributed by atoms with Crippen molar-refractivity contribution in [3.63, 3.8) is 0 Å². The standard InChI is InChI=1S/C40H72O14/c1-2-3-4-5-6-10-13-40(41)54-37-36-52-33-32-50-29-28-48-25-24-46-21-20-44-17-16-42-14-15-43-18-19-45-22-23-47-26-27-49-30-31-51-34-35-53-38-39-11-8-7-9-12-39/h7-9,11-12H,2-6,10,13-38H2,1H3. The summed E-state index contributed by atoms with van der Waals surface area (Å²) in [6.07, 6.45) is 7.41. The van der Waals surface area contributed by atoms with Gasteiger partial charge < -0.3 is 61.6 Å². The van der Waals surface area contributed by atoms with Crippen LogP contribution in [0.4, 0.5) is 0 Å². The SMILES string of the molecule is CCCCCCCCC(=O)OCCOCCOCCOCCOCCOCCOCCOCCOCCOCCOCCOCCOCc1ccccc1. The van der Waals surface area contributed by atoms with Crippen LogP contribution in [0.15, 0.2) is 30.3 Å². The van der Waals surface area contributed by atoms with Crippen molar-refractivity contribution in [3.8, 4) is 0 Å². The number of carbonyl (C=O) groups excluding carboxylic acids is 1. The van der Waals surface area contributed by atoms with E-state index in [-0.39, 0.29) is 12.6 Å². The Morgan fingerprint density at radius 3 is 1.02 bits per heavy atom. The highest BCUT2D eigenvalue weighted by Gasteiger charge is 2.03. The lowest BCUT2D eigenvalue weighted by Crippen LogP contribution is -2.15. The van der Waals surface area contributed by atoms with E-state index in [1.54, 1.807) is 0 Å². The molecule has 0 atom stereocenters. The zero-order chi connectivity index (χ0) is 38.5. The molecule has 0 unspecified atom stereocenters. The van der Waals surface area contributed by atoms with Crippen LogP contribution in [-0.4, -0.2) is 165 Å². The summed E-state index contributed by atoms with van der Waals surface area (Å²) in [5.74, 6) is -0.145. The van der Waals surface area contributed by atoms with E-state index >= 15 is 0 Å². The molecule has 14 heteroatoms. The van der Waals surface area contributed by atoms with Crippen molar-refractivity contribution in [1.82, 2.24) is 0 Å². The molecule has 0 aliphatic heterocycles. The predicted molar refractivity (Wildman–Crippen MR) is 204 cm³/mol. The number of unbranched alkanes of at least 4 members (excludes halogenated alkanes) is 5. The summed E-state index contributed by atoms with van der Waals surface area (Å²) in [4.78, 5) is 11.7. The van der Waals surface area contributed by atoms with E-state index in [9.17, 15) is 4.79 Å². The first-order valence-electron chi connectivity index (χ1n) is 20.0. The zero-order valence-corrected chi connectivity index (χ0v) is 33.2. The third kappa shape index (κ3) is 39.9. The molecule has 0 spiro atoms. The number of esters is 1. The van der Waals surface area contributed by atoms with Gasteiger partial charge in [0.1, 0.15) is 6.61 Å². The summed E-state index contributed by atoms with van der Waals surface area (Å²) in [6.45, 7) is 14.6. The second kappa shape index (κ2) is 43.9. The minimum Gasteiger partial charge on any atom is -0.463 e. The van der Waals surface area contributed by atoms with Crippen LogP contribution in [0.2, 0.25) is 0 Å². The fourth-order valence-corrected chi connectivity index (χ4v) is 4.52. The molecule has 1 aromatic rings. The maximum atomic E-state index is 11.7. The summed E-state index contributed by atoms with van der Waals surface area (Å²) in [5.41, 5.74) is 1.16. The number of hydrogen-bond acceptors (Lipinski definition) is 14. The van der Waals surface area contributed by atoms with Crippen molar-refractivity contribution in [2.75, 3.05) is 159 Å². The van der Waals surface area contributed by atoms with Crippen LogP contribution in [0, 0.1) is 0 Å². The van der Waals surface area contributed by atoms with Gasteiger partial charge in [-0.15, -0.1) is 0 Å². The first-order chi connectivity index (χ1) is 26.8. The maximum Gasteiger partial charge on any atom is 0.305 e. The molecule has 14 nitrogen and oxygen atoms in total. The second-order valence-corrected chi connectivity index (χ2v) is 12.0. The van der Waals surface area contributed by atoms with Crippen LogP contribution >= 0.6 is 0 Å². The fraction of sp³-hybridized carbons (Fsp3) is 0.825. The Balaban J connectivity index is 1.62. The van der Waals surface area contributed by atoms with Crippen molar-refractivity contribution in [1.29, 1.82) is 0 Å². The fourth-order valence-electron chi connectivity index (χ4n) is 4.52. The Kier molecular flexibility index (Phi) is 40.9. The van der Waals surface area contributed by atoms with Gasteiger partial charge in [-0.2, -0.15) is 0 Å². The first-order valence-corrected chi connectivity index (χ1v) is 20.0. The molecule has 0 heterocycles. The van der Waals surface area contributed by atoms with E-state index in [0.29, 0.717) is 165 Å². The van der Waals surface area contributed by atoms with Crippen LogP contribution < -0.4 is 0 Å². The molecule has 0 saturated heterocycles. The number of rotatable bonds is 45. The molecule has 0 aromatic heterocycles. The van der Waals surface area contributed by atoms with Gasteiger partial charge in [0, 0.05) is 6.42 Å². The van der Waals surface area contributed by atoms with E-state index in [0.717, 1.165) is 18.4 Å². The lowest BCUT2D eigenvalue weighted by Gasteiger charge is -2.09. The van der Waals surface area contributed by atoms with E-state index in [2.05, 4.69) is 6.92 Å². The summed E-state index contributed by atoms with van der Waals surface area (Å²) in [7, 11) is 0. The second-order valence-electron chi connectivity index (χ2n) is 12.0. The third-order valence-corrected chi connectivity index (χ3v) is 7.43. The zero-order valence-electron chi connectivity index (χ0n) is 33.2. The molecule has 0 aliphatic rings. The molecule has 316 valence electrons. The van der Waals surface area contributed by atoms with Crippen molar-refractivity contribution in [3.05, 3.63) is 35.9 Å². The molecule has 1 aromatic carbocycles. The Morgan fingerprint density at radius 2 is 0.667 bits per heavy atom. The minimum atomic E-state index is -0.145. The van der Waals surface area contributed by atoms with Crippen molar-refractivity contribution in [2.24, 2.45) is 0 Å². The van der Waals surface area contributed by atoms with E-state index in [1.165, 1.54) is 25.7 Å². The highest BCUT2D eigenvalue weighted by molar-refractivity contribution is 5.69. The van der Waals surface area contributed by atoms with Crippen molar-refractivity contribution < 1.29 is 66.4 Å². The van der Waals surface area contributed by atoms with Crippen molar-refractivity contribution >= 4 is 5.97 Å². The number of carbonyl (C=O) groups is 1. The molecular formula is C40H72O14. The van der Waals surface area contributed by atoms with E-state index in [1.807, 2.05) is 30.3 Å². The van der Waals surface area contributed by atoms with Gasteiger partial charge in [-0.05, 0) is 12.0 Å². The molecule has 54 heavy (non-hydrogen) atoms. The minimum absolute atomic E-state index is 0.145. The monoisotopic (exact) mass is 776 g/mol. The Morgan fingerprint density at radius 1 is 0.370 bits per heavy atom. The van der Waals surface area contributed by atoms with Gasteiger partial charge in [-0.1, -0.05) is 69.4 Å². The molecule has 1 rings (SSSR count). The van der Waals surface area contributed by atoms with Gasteiger partial charge in [0.2, 0.25) is 0 Å². The molecule has 0 bridgehead atoms. The Bertz CT molecular complexity index is 866. The summed E-state index contributed by atoms with van der Waals surface area (Å²) in [6, 6.07) is 10.1.